The van der Waals surface area contributed by atoms with Crippen molar-refractivity contribution in [3.8, 4) is 5.75 Å². The lowest BCUT2D eigenvalue weighted by Crippen LogP contribution is -2.53. The number of esters is 1. The van der Waals surface area contributed by atoms with Gasteiger partial charge >= 0.3 is 5.97 Å². The van der Waals surface area contributed by atoms with E-state index in [9.17, 15) is 14.7 Å². The van der Waals surface area contributed by atoms with Gasteiger partial charge in [0.05, 0.1) is 20.3 Å². The van der Waals surface area contributed by atoms with Crippen molar-refractivity contribution in [2.75, 3.05) is 26.9 Å². The summed E-state index contributed by atoms with van der Waals surface area (Å²) in [5.74, 6) is -0.687. The molecule has 0 aromatic heterocycles. The molecule has 6 nitrogen and oxygen atoms in total. The maximum atomic E-state index is 12.3. The van der Waals surface area contributed by atoms with Crippen LogP contribution in [-0.4, -0.2) is 54.8 Å². The summed E-state index contributed by atoms with van der Waals surface area (Å²) in [6.07, 6.45) is 0. The van der Waals surface area contributed by atoms with Crippen LogP contribution in [0.5, 0.6) is 5.75 Å². The molecule has 1 fully saturated rings. The van der Waals surface area contributed by atoms with Crippen LogP contribution >= 0.6 is 0 Å². The lowest BCUT2D eigenvalue weighted by Gasteiger charge is -2.33. The van der Waals surface area contributed by atoms with Crippen molar-refractivity contribution in [3.05, 3.63) is 29.8 Å². The minimum absolute atomic E-state index is 0.0862. The molecule has 0 spiro atoms. The van der Waals surface area contributed by atoms with Gasteiger partial charge in [0, 0.05) is 12.1 Å². The minimum atomic E-state index is -0.722. The van der Waals surface area contributed by atoms with Gasteiger partial charge in [-0.3, -0.25) is 4.79 Å². The molecule has 0 radical (unpaired) electrons. The van der Waals surface area contributed by atoms with Crippen molar-refractivity contribution in [1.82, 2.24) is 4.90 Å². The Labute approximate surface area is 110 Å². The Morgan fingerprint density at radius 2 is 2.05 bits per heavy atom. The highest BCUT2D eigenvalue weighted by molar-refractivity contribution is 5.97. The number of carbonyl (C=O) groups excluding carboxylic acids is 2. The minimum Gasteiger partial charge on any atom is -0.508 e. The molecule has 0 saturated carbocycles. The lowest BCUT2D eigenvalue weighted by atomic mass is 10.1. The Bertz CT molecular complexity index is 470. The van der Waals surface area contributed by atoms with Crippen LogP contribution in [0.2, 0.25) is 0 Å². The van der Waals surface area contributed by atoms with Crippen molar-refractivity contribution < 1.29 is 24.2 Å². The highest BCUT2D eigenvalue weighted by Gasteiger charge is 2.34. The number of benzene rings is 1. The molecule has 1 aliphatic rings. The van der Waals surface area contributed by atoms with E-state index in [4.69, 9.17) is 4.74 Å². The first kappa shape index (κ1) is 13.4. The third-order valence-corrected chi connectivity index (χ3v) is 2.98. The number of hydrogen-bond acceptors (Lipinski definition) is 5. The highest BCUT2D eigenvalue weighted by Crippen LogP contribution is 2.16. The summed E-state index contributed by atoms with van der Waals surface area (Å²) >= 11 is 0. The first-order chi connectivity index (χ1) is 9.13. The zero-order valence-electron chi connectivity index (χ0n) is 10.5. The van der Waals surface area contributed by atoms with Gasteiger partial charge in [0.15, 0.2) is 6.04 Å². The Morgan fingerprint density at radius 1 is 1.37 bits per heavy atom. The molecule has 1 aliphatic heterocycles. The van der Waals surface area contributed by atoms with Crippen LogP contribution in [0.15, 0.2) is 24.3 Å². The second-order valence-corrected chi connectivity index (χ2v) is 4.16. The molecule has 102 valence electrons. The molecular formula is C13H15NO5. The van der Waals surface area contributed by atoms with Crippen LogP contribution in [0.1, 0.15) is 10.4 Å². The average molecular weight is 265 g/mol. The Kier molecular flexibility index (Phi) is 4.01. The monoisotopic (exact) mass is 265 g/mol. The number of methoxy groups -OCH3 is 1. The first-order valence-electron chi connectivity index (χ1n) is 5.89. The standard InChI is InChI=1S/C13H15NO5/c1-18-13(17)11-8-19-7-6-14(11)12(16)9-2-4-10(15)5-3-9/h2-5,11,15H,6-8H2,1H3. The topological polar surface area (TPSA) is 76.1 Å². The summed E-state index contributed by atoms with van der Waals surface area (Å²) in [7, 11) is 1.28. The van der Waals surface area contributed by atoms with Gasteiger partial charge in [-0.25, -0.2) is 4.79 Å². The summed E-state index contributed by atoms with van der Waals surface area (Å²) in [6.45, 7) is 0.854. The highest BCUT2D eigenvalue weighted by atomic mass is 16.5. The van der Waals surface area contributed by atoms with Gasteiger partial charge in [0.1, 0.15) is 5.75 Å². The largest absolute Gasteiger partial charge is 0.508 e. The lowest BCUT2D eigenvalue weighted by molar-refractivity contribution is -0.151. The molecule has 1 N–H and O–H groups in total. The fourth-order valence-corrected chi connectivity index (χ4v) is 1.95. The van der Waals surface area contributed by atoms with E-state index in [1.165, 1.54) is 36.3 Å². The molecule has 0 aliphatic carbocycles. The molecule has 6 heteroatoms. The number of rotatable bonds is 2. The van der Waals surface area contributed by atoms with Gasteiger partial charge in [0.2, 0.25) is 0 Å². The Balaban J connectivity index is 2.20. The molecule has 1 aromatic carbocycles. The second kappa shape index (κ2) is 5.71. The fourth-order valence-electron chi connectivity index (χ4n) is 1.95. The molecule has 1 unspecified atom stereocenters. The zero-order valence-corrected chi connectivity index (χ0v) is 10.5. The van der Waals surface area contributed by atoms with Crippen LogP contribution in [0.4, 0.5) is 0 Å². The molecule has 1 saturated heterocycles. The number of carbonyl (C=O) groups is 2. The van der Waals surface area contributed by atoms with E-state index in [0.717, 1.165) is 0 Å². The van der Waals surface area contributed by atoms with Crippen molar-refractivity contribution in [1.29, 1.82) is 0 Å². The molecule has 1 atom stereocenters. The van der Waals surface area contributed by atoms with Crippen LogP contribution in [0.25, 0.3) is 0 Å². The number of hydrogen-bond donors (Lipinski definition) is 1. The fraction of sp³-hybridized carbons (Fsp3) is 0.385. The maximum absolute atomic E-state index is 12.3. The van der Waals surface area contributed by atoms with E-state index in [0.29, 0.717) is 18.7 Å². The average Bonchev–Trinajstić information content (AvgIpc) is 2.46. The summed E-state index contributed by atoms with van der Waals surface area (Å²) in [5.41, 5.74) is 0.411. The van der Waals surface area contributed by atoms with E-state index in [1.54, 1.807) is 0 Å². The van der Waals surface area contributed by atoms with E-state index in [-0.39, 0.29) is 18.3 Å². The Morgan fingerprint density at radius 3 is 2.68 bits per heavy atom. The number of phenols is 1. The summed E-state index contributed by atoms with van der Waals surface area (Å²) in [5, 5.41) is 9.21. The van der Waals surface area contributed by atoms with E-state index in [2.05, 4.69) is 4.74 Å². The zero-order chi connectivity index (χ0) is 13.8. The molecule has 1 aromatic rings. The quantitative estimate of drug-likeness (QED) is 0.784. The molecule has 1 amide bonds. The number of nitrogens with zero attached hydrogens (tertiary/aromatic N) is 1. The van der Waals surface area contributed by atoms with Crippen molar-refractivity contribution in [3.63, 3.8) is 0 Å². The van der Waals surface area contributed by atoms with Crippen molar-refractivity contribution in [2.24, 2.45) is 0 Å². The van der Waals surface area contributed by atoms with Crippen molar-refractivity contribution >= 4 is 11.9 Å². The normalized spacial score (nSPS) is 19.0. The van der Waals surface area contributed by atoms with Gasteiger partial charge in [-0.1, -0.05) is 0 Å². The summed E-state index contributed by atoms with van der Waals surface area (Å²) in [4.78, 5) is 25.4. The molecular weight excluding hydrogens is 250 g/mol. The van der Waals surface area contributed by atoms with Gasteiger partial charge in [-0.15, -0.1) is 0 Å². The van der Waals surface area contributed by atoms with Crippen molar-refractivity contribution in [2.45, 2.75) is 6.04 Å². The third-order valence-electron chi connectivity index (χ3n) is 2.98. The third kappa shape index (κ3) is 2.85. The first-order valence-corrected chi connectivity index (χ1v) is 5.89. The van der Waals surface area contributed by atoms with Gasteiger partial charge in [0.25, 0.3) is 5.91 Å². The smallest absolute Gasteiger partial charge is 0.331 e. The number of aromatic hydroxyl groups is 1. The van der Waals surface area contributed by atoms with E-state index < -0.39 is 12.0 Å². The van der Waals surface area contributed by atoms with Gasteiger partial charge in [-0.2, -0.15) is 0 Å². The Hall–Kier alpha value is -2.08. The molecule has 2 rings (SSSR count). The number of amides is 1. The molecule has 0 bridgehead atoms. The number of morpholine rings is 1. The summed E-state index contributed by atoms with van der Waals surface area (Å²) < 4.78 is 9.88. The van der Waals surface area contributed by atoms with Crippen LogP contribution in [0, 0.1) is 0 Å². The van der Waals surface area contributed by atoms with Crippen LogP contribution in [-0.2, 0) is 14.3 Å². The second-order valence-electron chi connectivity index (χ2n) is 4.16. The predicted molar refractivity (Wildman–Crippen MR) is 65.8 cm³/mol. The summed E-state index contributed by atoms with van der Waals surface area (Å²) in [6, 6.07) is 5.17. The molecule has 1 heterocycles. The SMILES string of the molecule is COC(=O)C1COCCN1C(=O)c1ccc(O)cc1. The molecule has 19 heavy (non-hydrogen) atoms. The van der Waals surface area contributed by atoms with Gasteiger partial charge in [-0.05, 0) is 24.3 Å². The number of phenolic OH excluding ortho intramolecular Hbond substituents is 1. The van der Waals surface area contributed by atoms with E-state index in [1.807, 2.05) is 0 Å². The predicted octanol–water partition coefficient (Wildman–Crippen LogP) is 0.406. The number of ether oxygens (including phenoxy) is 2. The van der Waals surface area contributed by atoms with Crippen LogP contribution < -0.4 is 0 Å². The maximum Gasteiger partial charge on any atom is 0.331 e. The van der Waals surface area contributed by atoms with E-state index >= 15 is 0 Å². The van der Waals surface area contributed by atoms with Crippen LogP contribution in [0.3, 0.4) is 0 Å². The van der Waals surface area contributed by atoms with Gasteiger partial charge < -0.3 is 19.5 Å².